The molecule has 7 nitrogen and oxygen atoms in total. The van der Waals surface area contributed by atoms with Crippen molar-refractivity contribution in [3.63, 3.8) is 0 Å². The summed E-state index contributed by atoms with van der Waals surface area (Å²) in [5.74, 6) is -1.28. The van der Waals surface area contributed by atoms with Gasteiger partial charge in [-0.25, -0.2) is 0 Å². The molecule has 0 spiro atoms. The molecule has 0 saturated heterocycles. The third-order valence-corrected chi connectivity index (χ3v) is 3.29. The number of alkyl halides is 2. The molecule has 1 aliphatic heterocycles. The highest BCUT2D eigenvalue weighted by Crippen LogP contribution is 2.42. The van der Waals surface area contributed by atoms with Gasteiger partial charge in [-0.1, -0.05) is 11.6 Å². The second-order valence-corrected chi connectivity index (χ2v) is 5.14. The average Bonchev–Trinajstić information content (AvgIpc) is 2.79. The van der Waals surface area contributed by atoms with Crippen LogP contribution in [0.3, 0.4) is 0 Å². The Morgan fingerprint density at radius 3 is 2.58 bits per heavy atom. The Bertz CT molecular complexity index is 859. The number of hydrogen-bond donors (Lipinski definition) is 1. The van der Waals surface area contributed by atoms with Gasteiger partial charge in [0.25, 0.3) is 11.6 Å². The number of halogens is 3. The van der Waals surface area contributed by atoms with Crippen LogP contribution >= 0.6 is 11.6 Å². The van der Waals surface area contributed by atoms with Crippen LogP contribution in [0.5, 0.6) is 11.5 Å². The zero-order valence-corrected chi connectivity index (χ0v) is 12.3. The fourth-order valence-corrected chi connectivity index (χ4v) is 2.25. The number of anilines is 1. The molecular formula is C14H7ClF2N2O5. The molecule has 0 bridgehead atoms. The van der Waals surface area contributed by atoms with Gasteiger partial charge >= 0.3 is 6.29 Å². The molecular weight excluding hydrogens is 350 g/mol. The largest absolute Gasteiger partial charge is 0.586 e. The molecule has 0 radical (unpaired) electrons. The molecule has 2 aromatic rings. The lowest BCUT2D eigenvalue weighted by molar-refractivity contribution is -0.385. The number of carbonyl (C=O) groups is 1. The van der Waals surface area contributed by atoms with E-state index in [9.17, 15) is 23.7 Å². The Hall–Kier alpha value is -2.94. The Kier molecular flexibility index (Phi) is 3.72. The number of nitro groups is 1. The fourth-order valence-electron chi connectivity index (χ4n) is 2.07. The predicted octanol–water partition coefficient (Wildman–Crippen LogP) is 3.82. The minimum absolute atomic E-state index is 0.0920. The van der Waals surface area contributed by atoms with Crippen LogP contribution in [0.4, 0.5) is 20.2 Å². The molecule has 2 aromatic carbocycles. The van der Waals surface area contributed by atoms with Crippen LogP contribution in [-0.4, -0.2) is 17.1 Å². The van der Waals surface area contributed by atoms with Gasteiger partial charge in [-0.2, -0.15) is 0 Å². The Balaban J connectivity index is 1.87. The second-order valence-electron chi connectivity index (χ2n) is 4.70. The van der Waals surface area contributed by atoms with E-state index in [2.05, 4.69) is 14.8 Å². The van der Waals surface area contributed by atoms with Gasteiger partial charge in [-0.05, 0) is 24.3 Å². The first-order valence-corrected chi connectivity index (χ1v) is 6.78. The third kappa shape index (κ3) is 3.06. The molecule has 0 saturated carbocycles. The minimum atomic E-state index is -3.78. The molecule has 1 amide bonds. The zero-order valence-electron chi connectivity index (χ0n) is 11.6. The van der Waals surface area contributed by atoms with E-state index in [1.807, 2.05) is 0 Å². The van der Waals surface area contributed by atoms with Gasteiger partial charge in [-0.15, -0.1) is 8.78 Å². The highest BCUT2D eigenvalue weighted by molar-refractivity contribution is 6.31. The van der Waals surface area contributed by atoms with Crippen LogP contribution in [0.2, 0.25) is 5.02 Å². The van der Waals surface area contributed by atoms with E-state index in [0.29, 0.717) is 0 Å². The maximum Gasteiger partial charge on any atom is 0.586 e. The van der Waals surface area contributed by atoms with Crippen LogP contribution in [0, 0.1) is 10.1 Å². The maximum atomic E-state index is 13.0. The van der Waals surface area contributed by atoms with Gasteiger partial charge in [0.05, 0.1) is 4.92 Å². The van der Waals surface area contributed by atoms with Crippen LogP contribution in [0.15, 0.2) is 36.4 Å². The van der Waals surface area contributed by atoms with Gasteiger partial charge in [0.1, 0.15) is 5.56 Å². The van der Waals surface area contributed by atoms with E-state index in [-0.39, 0.29) is 27.8 Å². The summed E-state index contributed by atoms with van der Waals surface area (Å²) in [5.41, 5.74) is -0.617. The molecule has 0 fully saturated rings. The van der Waals surface area contributed by atoms with Crippen molar-refractivity contribution in [2.24, 2.45) is 0 Å². The van der Waals surface area contributed by atoms with E-state index in [4.69, 9.17) is 11.6 Å². The summed E-state index contributed by atoms with van der Waals surface area (Å²) in [6.07, 6.45) is -3.78. The highest BCUT2D eigenvalue weighted by Gasteiger charge is 2.43. The lowest BCUT2D eigenvalue weighted by atomic mass is 10.1. The van der Waals surface area contributed by atoms with Crippen molar-refractivity contribution in [1.29, 1.82) is 0 Å². The fraction of sp³-hybridized carbons (Fsp3) is 0.0714. The molecule has 1 heterocycles. The standard InChI is InChI=1S/C14H7ClF2N2O5/c15-7-1-3-10(19(21)22)9(5-7)13(20)18-8-2-4-11-12(6-8)24-14(16,17)23-11/h1-6H,(H,18,20). The Morgan fingerprint density at radius 1 is 1.17 bits per heavy atom. The Labute approximate surface area is 137 Å². The van der Waals surface area contributed by atoms with E-state index >= 15 is 0 Å². The van der Waals surface area contributed by atoms with Gasteiger partial charge in [0.2, 0.25) is 0 Å². The summed E-state index contributed by atoms with van der Waals surface area (Å²) in [6, 6.07) is 7.09. The third-order valence-electron chi connectivity index (χ3n) is 3.06. The molecule has 0 atom stereocenters. The molecule has 0 unspecified atom stereocenters. The Morgan fingerprint density at radius 2 is 1.88 bits per heavy atom. The summed E-state index contributed by atoms with van der Waals surface area (Å²) in [6.45, 7) is 0. The summed E-state index contributed by atoms with van der Waals surface area (Å²) in [5, 5.41) is 13.5. The van der Waals surface area contributed by atoms with Crippen molar-refractivity contribution in [3.8, 4) is 11.5 Å². The smallest absolute Gasteiger partial charge is 0.395 e. The van der Waals surface area contributed by atoms with Crippen molar-refractivity contribution in [2.45, 2.75) is 6.29 Å². The van der Waals surface area contributed by atoms with Gasteiger partial charge < -0.3 is 14.8 Å². The van der Waals surface area contributed by atoms with Crippen molar-refractivity contribution in [2.75, 3.05) is 5.32 Å². The number of nitro benzene ring substituents is 1. The predicted molar refractivity (Wildman–Crippen MR) is 78.7 cm³/mol. The van der Waals surface area contributed by atoms with E-state index < -0.39 is 22.8 Å². The SMILES string of the molecule is O=C(Nc1ccc2c(c1)OC(F)(F)O2)c1cc(Cl)ccc1[N+](=O)[O-]. The summed E-state index contributed by atoms with van der Waals surface area (Å²) >= 11 is 5.75. The van der Waals surface area contributed by atoms with Crippen molar-refractivity contribution < 1.29 is 28.0 Å². The van der Waals surface area contributed by atoms with Gasteiger partial charge in [0, 0.05) is 22.8 Å². The van der Waals surface area contributed by atoms with Gasteiger partial charge in [0.15, 0.2) is 11.5 Å². The number of benzene rings is 2. The summed E-state index contributed by atoms with van der Waals surface area (Å²) < 4.78 is 34.4. The molecule has 24 heavy (non-hydrogen) atoms. The molecule has 124 valence electrons. The number of rotatable bonds is 3. The molecule has 0 aromatic heterocycles. The van der Waals surface area contributed by atoms with Crippen LogP contribution in [0.1, 0.15) is 10.4 Å². The molecule has 10 heteroatoms. The van der Waals surface area contributed by atoms with Crippen LogP contribution in [-0.2, 0) is 0 Å². The maximum absolute atomic E-state index is 13.0. The van der Waals surface area contributed by atoms with E-state index in [1.165, 1.54) is 18.2 Å². The topological polar surface area (TPSA) is 90.7 Å². The van der Waals surface area contributed by atoms with Crippen molar-refractivity contribution >= 4 is 28.9 Å². The molecule has 1 aliphatic rings. The highest BCUT2D eigenvalue weighted by atomic mass is 35.5. The first-order chi connectivity index (χ1) is 11.2. The number of ether oxygens (including phenoxy) is 2. The number of nitrogens with zero attached hydrogens (tertiary/aromatic N) is 1. The second kappa shape index (κ2) is 5.60. The van der Waals surface area contributed by atoms with Crippen molar-refractivity contribution in [1.82, 2.24) is 0 Å². The average molecular weight is 357 g/mol. The minimum Gasteiger partial charge on any atom is -0.395 e. The number of hydrogen-bond acceptors (Lipinski definition) is 5. The summed E-state index contributed by atoms with van der Waals surface area (Å²) in [7, 11) is 0. The number of nitrogens with one attached hydrogen (secondary N) is 1. The molecule has 3 rings (SSSR count). The van der Waals surface area contributed by atoms with Crippen LogP contribution in [0.25, 0.3) is 0 Å². The quantitative estimate of drug-likeness (QED) is 0.666. The lowest BCUT2D eigenvalue weighted by Crippen LogP contribution is -2.25. The lowest BCUT2D eigenvalue weighted by Gasteiger charge is -2.07. The number of amides is 1. The normalized spacial score (nSPS) is 14.3. The molecule has 1 N–H and O–H groups in total. The first-order valence-electron chi connectivity index (χ1n) is 6.40. The first kappa shape index (κ1) is 15.9. The number of carbonyl (C=O) groups excluding carboxylic acids is 1. The summed E-state index contributed by atoms with van der Waals surface area (Å²) in [4.78, 5) is 22.5. The molecule has 0 aliphatic carbocycles. The van der Waals surface area contributed by atoms with Gasteiger partial charge in [-0.3, -0.25) is 14.9 Å². The van der Waals surface area contributed by atoms with Crippen LogP contribution < -0.4 is 14.8 Å². The number of fused-ring (bicyclic) bond motifs is 1. The zero-order chi connectivity index (χ0) is 17.5. The van der Waals surface area contributed by atoms with E-state index in [1.54, 1.807) is 0 Å². The van der Waals surface area contributed by atoms with E-state index in [0.717, 1.165) is 18.2 Å². The van der Waals surface area contributed by atoms with Crippen molar-refractivity contribution in [3.05, 3.63) is 57.1 Å². The monoisotopic (exact) mass is 356 g/mol.